The average Bonchev–Trinajstić information content (AvgIpc) is 3.71. The molecule has 20 nitrogen and oxygen atoms in total. The number of hydrogen-bond acceptors (Lipinski definition) is 17. The molecule has 2 amide bonds. The summed E-state index contributed by atoms with van der Waals surface area (Å²) in [6, 6.07) is 2.56. The van der Waals surface area contributed by atoms with Gasteiger partial charge in [0.1, 0.15) is 40.0 Å². The Kier molecular flexibility index (Phi) is 9.42. The minimum atomic E-state index is -1.51. The molecule has 2 aliphatic heterocycles. The van der Waals surface area contributed by atoms with Gasteiger partial charge in [-0.1, -0.05) is 5.16 Å². The van der Waals surface area contributed by atoms with Crippen molar-refractivity contribution in [1.82, 2.24) is 34.8 Å². The number of fused-ring (bicyclic) bond motifs is 2. The number of amides is 2. The van der Waals surface area contributed by atoms with Crippen molar-refractivity contribution in [2.45, 2.75) is 30.0 Å². The van der Waals surface area contributed by atoms with E-state index < -0.39 is 76.3 Å². The minimum absolute atomic E-state index is 0.0107. The zero-order chi connectivity index (χ0) is 36.7. The van der Waals surface area contributed by atoms with E-state index in [0.29, 0.717) is 16.3 Å². The molecule has 0 aliphatic carbocycles. The van der Waals surface area contributed by atoms with Gasteiger partial charge in [-0.05, 0) is 36.3 Å². The van der Waals surface area contributed by atoms with Crippen LogP contribution in [0.25, 0.3) is 5.78 Å². The molecular formula is C28H23N9O11S3. The highest BCUT2D eigenvalue weighted by atomic mass is 32.2. The summed E-state index contributed by atoms with van der Waals surface area (Å²) < 4.78 is 1.24. The van der Waals surface area contributed by atoms with Crippen LogP contribution in [0, 0.1) is 6.92 Å². The second-order valence-corrected chi connectivity index (χ2v) is 13.7. The zero-order valence-electron chi connectivity index (χ0n) is 25.7. The van der Waals surface area contributed by atoms with Gasteiger partial charge in [-0.2, -0.15) is 9.50 Å². The fourth-order valence-corrected chi connectivity index (χ4v) is 8.09. The fraction of sp³-hybridized carbons (Fsp3) is 0.214. The van der Waals surface area contributed by atoms with E-state index >= 15 is 0 Å². The first-order valence-electron chi connectivity index (χ1n) is 14.2. The van der Waals surface area contributed by atoms with Gasteiger partial charge in [-0.3, -0.25) is 14.5 Å². The number of aromatic nitrogens is 5. The topological polar surface area (TPSA) is 305 Å². The number of carboxylic acid groups (broad SMARTS) is 3. The number of hydrogen-bond donors (Lipinski definition) is 7. The van der Waals surface area contributed by atoms with Gasteiger partial charge in [0.2, 0.25) is 0 Å². The first-order valence-corrected chi connectivity index (χ1v) is 17.2. The molecule has 5 heterocycles. The van der Waals surface area contributed by atoms with E-state index in [1.165, 1.54) is 21.7 Å². The lowest BCUT2D eigenvalue weighted by Gasteiger charge is -2.49. The highest BCUT2D eigenvalue weighted by Gasteiger charge is 2.54. The summed E-state index contributed by atoms with van der Waals surface area (Å²) in [5.74, 6) is -7.53. The molecule has 1 saturated heterocycles. The summed E-state index contributed by atoms with van der Waals surface area (Å²) >= 11 is 3.36. The Morgan fingerprint density at radius 1 is 1.10 bits per heavy atom. The van der Waals surface area contributed by atoms with E-state index in [4.69, 9.17) is 10.6 Å². The van der Waals surface area contributed by atoms with Crippen molar-refractivity contribution >= 4 is 81.2 Å². The number of carbonyl (C=O) groups is 5. The van der Waals surface area contributed by atoms with Crippen molar-refractivity contribution in [2.24, 2.45) is 5.16 Å². The number of rotatable bonds is 12. The van der Waals surface area contributed by atoms with Crippen molar-refractivity contribution in [2.75, 3.05) is 17.2 Å². The number of carboxylic acids is 3. The fourth-order valence-electron chi connectivity index (χ4n) is 5.01. The number of nitrogens with zero attached hydrogens (tertiary/aromatic N) is 7. The quantitative estimate of drug-likeness (QED) is 0.0262. The first-order chi connectivity index (χ1) is 24.2. The van der Waals surface area contributed by atoms with Crippen LogP contribution in [0.15, 0.2) is 45.0 Å². The number of thiazole rings is 1. The number of aryl methyl sites for hydroxylation is 1. The van der Waals surface area contributed by atoms with E-state index in [-0.39, 0.29) is 39.4 Å². The summed E-state index contributed by atoms with van der Waals surface area (Å²) in [5.41, 5.74) is 5.49. The summed E-state index contributed by atoms with van der Waals surface area (Å²) in [4.78, 5) is 80.5. The predicted octanol–water partition coefficient (Wildman–Crippen LogP) is 0.731. The van der Waals surface area contributed by atoms with E-state index in [2.05, 4.69) is 30.5 Å². The molecule has 23 heteroatoms. The molecule has 6 rings (SSSR count). The number of aromatic carboxylic acids is 2. The number of phenols is 2. The maximum absolute atomic E-state index is 13.5. The third kappa shape index (κ3) is 6.80. The largest absolute Gasteiger partial charge is 0.504 e. The van der Waals surface area contributed by atoms with Crippen LogP contribution in [0.5, 0.6) is 11.5 Å². The van der Waals surface area contributed by atoms with Crippen molar-refractivity contribution in [1.29, 1.82) is 0 Å². The van der Waals surface area contributed by atoms with Gasteiger partial charge in [0.25, 0.3) is 23.4 Å². The predicted molar refractivity (Wildman–Crippen MR) is 177 cm³/mol. The van der Waals surface area contributed by atoms with Gasteiger partial charge in [0.15, 0.2) is 22.3 Å². The van der Waals surface area contributed by atoms with Crippen molar-refractivity contribution in [3.63, 3.8) is 0 Å². The Morgan fingerprint density at radius 3 is 2.53 bits per heavy atom. The Hall–Kier alpha value is -5.94. The number of nitrogen functional groups attached to an aromatic ring is 1. The number of nitrogens with one attached hydrogen (secondary N) is 1. The molecule has 4 aromatic rings. The monoisotopic (exact) mass is 757 g/mol. The Bertz CT molecular complexity index is 2220. The number of benzene rings is 1. The summed E-state index contributed by atoms with van der Waals surface area (Å²) in [6.45, 7) is 1.23. The number of aromatic hydroxyl groups is 2. The molecular weight excluding hydrogens is 735 g/mol. The van der Waals surface area contributed by atoms with Crippen LogP contribution < -0.4 is 11.1 Å². The maximum Gasteiger partial charge on any atom is 0.375 e. The molecule has 3 aromatic heterocycles. The van der Waals surface area contributed by atoms with E-state index in [0.717, 1.165) is 40.1 Å². The number of β-lactam (4-membered cyclic amide) rings is 1. The summed E-state index contributed by atoms with van der Waals surface area (Å²) in [6.07, 6.45) is 0. The van der Waals surface area contributed by atoms with Gasteiger partial charge in [-0.25, -0.2) is 24.4 Å². The average molecular weight is 758 g/mol. The lowest BCUT2D eigenvalue weighted by atomic mass is 10.0. The molecule has 8 N–H and O–H groups in total. The third-order valence-electron chi connectivity index (χ3n) is 7.28. The number of aliphatic carboxylic acids is 1. The number of phenolic OH excluding ortho intramolecular Hbond substituents is 1. The SMILES string of the molecule is Cc1cc(SCC2=C(C(=O)O)N3C(=O)[C@@H](NC(=O)/C(=N\OCc4cc(O)c(O)c(C(=O)O)c4)c4csc(N)n4)[C@H]3SC2)n2nc(C(=O)O)nc2n1. The number of oxime groups is 1. The molecule has 2 atom stereocenters. The summed E-state index contributed by atoms with van der Waals surface area (Å²) in [5, 5.41) is 59.8. The normalized spacial score (nSPS) is 17.2. The molecule has 2 aliphatic rings. The van der Waals surface area contributed by atoms with Crippen LogP contribution in [-0.2, 0) is 25.8 Å². The van der Waals surface area contributed by atoms with E-state index in [9.17, 15) is 49.5 Å². The van der Waals surface area contributed by atoms with Crippen LogP contribution in [0.3, 0.4) is 0 Å². The van der Waals surface area contributed by atoms with Crippen LogP contribution in [-0.4, -0.2) is 113 Å². The van der Waals surface area contributed by atoms with Crippen LogP contribution in [0.4, 0.5) is 5.13 Å². The highest BCUT2D eigenvalue weighted by Crippen LogP contribution is 2.42. The lowest BCUT2D eigenvalue weighted by Crippen LogP contribution is -2.71. The molecule has 0 saturated carbocycles. The molecule has 0 unspecified atom stereocenters. The van der Waals surface area contributed by atoms with Crippen LogP contribution in [0.2, 0.25) is 0 Å². The van der Waals surface area contributed by atoms with E-state index in [1.54, 1.807) is 13.0 Å². The van der Waals surface area contributed by atoms with Gasteiger partial charge in [0.05, 0.1) is 0 Å². The highest BCUT2D eigenvalue weighted by molar-refractivity contribution is 8.01. The number of anilines is 1. The lowest BCUT2D eigenvalue weighted by molar-refractivity contribution is -0.150. The molecule has 1 aromatic carbocycles. The van der Waals surface area contributed by atoms with Gasteiger partial charge in [0, 0.05) is 22.6 Å². The Balaban J connectivity index is 1.18. The smallest absolute Gasteiger partial charge is 0.375 e. The van der Waals surface area contributed by atoms with E-state index in [1.807, 2.05) is 0 Å². The zero-order valence-corrected chi connectivity index (χ0v) is 28.2. The molecule has 51 heavy (non-hydrogen) atoms. The van der Waals surface area contributed by atoms with Crippen molar-refractivity contribution in [3.8, 4) is 11.5 Å². The van der Waals surface area contributed by atoms with Crippen LogP contribution >= 0.6 is 34.9 Å². The van der Waals surface area contributed by atoms with Crippen LogP contribution in [0.1, 0.15) is 37.9 Å². The molecule has 0 radical (unpaired) electrons. The number of nitrogens with two attached hydrogens (primary N) is 1. The van der Waals surface area contributed by atoms with Crippen molar-refractivity contribution < 1.29 is 54.3 Å². The number of carbonyl (C=O) groups excluding carboxylic acids is 2. The maximum atomic E-state index is 13.5. The third-order valence-corrected chi connectivity index (χ3v) is 10.4. The van der Waals surface area contributed by atoms with Crippen molar-refractivity contribution in [3.05, 3.63) is 63.2 Å². The molecule has 0 bridgehead atoms. The second kappa shape index (κ2) is 13.8. The molecule has 1 fully saturated rings. The standard InChI is InChI=1S/C28H23N9O11S3/c1-9-2-15(37-28(30-9)33-20(34-37)26(46)47)49-6-11-7-50-23-17(22(41)36(23)18(11)25(44)45)32-21(40)16(13-8-51-27(29)31-13)35-48-5-10-3-12(24(42)43)19(39)14(38)4-10/h2-4,8,17,23,38-39H,5-7H2,1H3,(H2,29,31)(H,32,40)(H,42,43)(H,44,45)(H,46,47)/b35-16-/t17-,23-/m1/s1. The first kappa shape index (κ1) is 34.9. The minimum Gasteiger partial charge on any atom is -0.504 e. The molecule has 0 spiro atoms. The molecule has 264 valence electrons. The summed E-state index contributed by atoms with van der Waals surface area (Å²) in [7, 11) is 0. The Morgan fingerprint density at radius 2 is 1.86 bits per heavy atom. The van der Waals surface area contributed by atoms with Gasteiger partial charge in [-0.15, -0.1) is 40.0 Å². The number of thioether (sulfide) groups is 2. The Labute approximate surface area is 296 Å². The van der Waals surface area contributed by atoms with Gasteiger partial charge >= 0.3 is 17.9 Å². The second-order valence-electron chi connectivity index (χ2n) is 10.7. The van der Waals surface area contributed by atoms with Gasteiger partial charge < -0.3 is 41.4 Å².